The Morgan fingerprint density at radius 2 is 1.57 bits per heavy atom. The zero-order valence-electron chi connectivity index (χ0n) is 12.7. The van der Waals surface area contributed by atoms with E-state index in [0.29, 0.717) is 16.9 Å². The molecule has 1 heterocycles. The van der Waals surface area contributed by atoms with Gasteiger partial charge in [0.25, 0.3) is 0 Å². The quantitative estimate of drug-likeness (QED) is 0.863. The summed E-state index contributed by atoms with van der Waals surface area (Å²) in [5.74, 6) is 0. The van der Waals surface area contributed by atoms with Gasteiger partial charge in [-0.15, -0.1) is 10.2 Å². The Hall–Kier alpha value is -1.32. The number of nitrogens with one attached hydrogen (secondary N) is 1. The third-order valence-corrected chi connectivity index (χ3v) is 4.03. The molecule has 0 radical (unpaired) electrons. The van der Waals surface area contributed by atoms with Crippen LogP contribution in [0.2, 0.25) is 10.3 Å². The zero-order valence-corrected chi connectivity index (χ0v) is 14.2. The van der Waals surface area contributed by atoms with E-state index in [1.807, 2.05) is 6.92 Å². The van der Waals surface area contributed by atoms with Gasteiger partial charge in [0, 0.05) is 12.1 Å². The van der Waals surface area contributed by atoms with Gasteiger partial charge in [-0.1, -0.05) is 68.2 Å². The fraction of sp³-hybridized carbons (Fsp3) is 0.375. The van der Waals surface area contributed by atoms with Crippen molar-refractivity contribution >= 4 is 28.9 Å². The van der Waals surface area contributed by atoms with Crippen LogP contribution in [0.1, 0.15) is 37.5 Å². The average Bonchev–Trinajstić information content (AvgIpc) is 2.43. The standard InChI is InChI=1S/C16H19Cl2N3/c1-10-13(15(18)21-20-14(10)17)19-9-11-5-7-12(8-6-11)16(2,3)4/h5-8H,9H2,1-4H3,(H,19,20). The molecule has 0 saturated carbocycles. The SMILES string of the molecule is Cc1c(Cl)nnc(Cl)c1NCc1ccc(C(C)(C)C)cc1. The van der Waals surface area contributed by atoms with E-state index in [1.54, 1.807) is 0 Å². The molecule has 112 valence electrons. The molecule has 0 aliphatic carbocycles. The number of hydrogen-bond donors (Lipinski definition) is 1. The second kappa shape index (κ2) is 6.20. The van der Waals surface area contributed by atoms with Crippen LogP contribution >= 0.6 is 23.2 Å². The summed E-state index contributed by atoms with van der Waals surface area (Å²) in [5.41, 5.74) is 4.19. The second-order valence-corrected chi connectivity index (χ2v) is 6.80. The maximum atomic E-state index is 6.06. The molecular formula is C16H19Cl2N3. The lowest BCUT2D eigenvalue weighted by Crippen LogP contribution is -2.11. The van der Waals surface area contributed by atoms with Crippen molar-refractivity contribution in [2.24, 2.45) is 0 Å². The first-order valence-electron chi connectivity index (χ1n) is 6.80. The molecule has 1 aromatic carbocycles. The number of hydrogen-bond acceptors (Lipinski definition) is 3. The maximum absolute atomic E-state index is 6.06. The first-order valence-corrected chi connectivity index (χ1v) is 7.56. The molecule has 1 N–H and O–H groups in total. The number of aromatic nitrogens is 2. The molecule has 0 aliphatic heterocycles. The summed E-state index contributed by atoms with van der Waals surface area (Å²) in [6.07, 6.45) is 0. The Morgan fingerprint density at radius 1 is 1.00 bits per heavy atom. The van der Waals surface area contributed by atoms with Gasteiger partial charge in [0.15, 0.2) is 10.3 Å². The molecule has 5 heteroatoms. The predicted octanol–water partition coefficient (Wildman–Crippen LogP) is 5.00. The summed E-state index contributed by atoms with van der Waals surface area (Å²) in [6.45, 7) is 9.14. The third kappa shape index (κ3) is 3.86. The van der Waals surface area contributed by atoms with Crippen molar-refractivity contribution in [2.45, 2.75) is 39.7 Å². The minimum atomic E-state index is 0.161. The number of halogens is 2. The van der Waals surface area contributed by atoms with E-state index in [4.69, 9.17) is 23.2 Å². The fourth-order valence-corrected chi connectivity index (χ4v) is 2.37. The molecule has 0 unspecified atom stereocenters. The monoisotopic (exact) mass is 323 g/mol. The highest BCUT2D eigenvalue weighted by Gasteiger charge is 2.13. The van der Waals surface area contributed by atoms with Crippen molar-refractivity contribution in [3.63, 3.8) is 0 Å². The summed E-state index contributed by atoms with van der Waals surface area (Å²) >= 11 is 12.0. The van der Waals surface area contributed by atoms with Gasteiger partial charge < -0.3 is 5.32 Å². The van der Waals surface area contributed by atoms with Crippen LogP contribution < -0.4 is 5.32 Å². The summed E-state index contributed by atoms with van der Waals surface area (Å²) in [7, 11) is 0. The lowest BCUT2D eigenvalue weighted by atomic mass is 9.87. The van der Waals surface area contributed by atoms with Crippen molar-refractivity contribution in [1.82, 2.24) is 10.2 Å². The molecular weight excluding hydrogens is 305 g/mol. The van der Waals surface area contributed by atoms with Crippen LogP contribution in [0.15, 0.2) is 24.3 Å². The summed E-state index contributed by atoms with van der Waals surface area (Å²) in [6, 6.07) is 8.55. The van der Waals surface area contributed by atoms with Gasteiger partial charge in [-0.2, -0.15) is 0 Å². The summed E-state index contributed by atoms with van der Waals surface area (Å²) < 4.78 is 0. The van der Waals surface area contributed by atoms with Gasteiger partial charge in [0.05, 0.1) is 5.69 Å². The van der Waals surface area contributed by atoms with Gasteiger partial charge in [-0.05, 0) is 23.5 Å². The average molecular weight is 324 g/mol. The molecule has 21 heavy (non-hydrogen) atoms. The lowest BCUT2D eigenvalue weighted by Gasteiger charge is -2.19. The largest absolute Gasteiger partial charge is 0.378 e. The minimum Gasteiger partial charge on any atom is -0.378 e. The molecule has 1 aromatic heterocycles. The van der Waals surface area contributed by atoms with E-state index < -0.39 is 0 Å². The first-order chi connectivity index (χ1) is 9.79. The molecule has 0 bridgehead atoms. The number of rotatable bonds is 3. The normalized spacial score (nSPS) is 11.5. The number of anilines is 1. The topological polar surface area (TPSA) is 37.8 Å². The number of nitrogens with zero attached hydrogens (tertiary/aromatic N) is 2. The van der Waals surface area contributed by atoms with Crippen molar-refractivity contribution in [1.29, 1.82) is 0 Å². The van der Waals surface area contributed by atoms with Gasteiger partial charge in [-0.25, -0.2) is 0 Å². The van der Waals surface area contributed by atoms with Crippen LogP contribution in [0.4, 0.5) is 5.69 Å². The first kappa shape index (κ1) is 16.1. The summed E-state index contributed by atoms with van der Waals surface area (Å²) in [4.78, 5) is 0. The van der Waals surface area contributed by atoms with E-state index in [-0.39, 0.29) is 5.41 Å². The van der Waals surface area contributed by atoms with Gasteiger partial charge in [0.2, 0.25) is 0 Å². The van der Waals surface area contributed by atoms with Gasteiger partial charge in [0.1, 0.15) is 0 Å². The van der Waals surface area contributed by atoms with Gasteiger partial charge in [-0.3, -0.25) is 0 Å². The molecule has 0 fully saturated rings. The zero-order chi connectivity index (χ0) is 15.6. The Balaban J connectivity index is 2.12. The van der Waals surface area contributed by atoms with Crippen molar-refractivity contribution in [3.05, 3.63) is 51.3 Å². The molecule has 0 atom stereocenters. The van der Waals surface area contributed by atoms with E-state index in [0.717, 1.165) is 11.3 Å². The van der Waals surface area contributed by atoms with Crippen molar-refractivity contribution in [3.8, 4) is 0 Å². The van der Waals surface area contributed by atoms with Gasteiger partial charge >= 0.3 is 0 Å². The van der Waals surface area contributed by atoms with E-state index in [1.165, 1.54) is 11.1 Å². The van der Waals surface area contributed by atoms with E-state index in [9.17, 15) is 0 Å². The molecule has 2 aromatic rings. The Bertz CT molecular complexity index is 631. The van der Waals surface area contributed by atoms with Crippen LogP contribution in [-0.2, 0) is 12.0 Å². The minimum absolute atomic E-state index is 0.161. The molecule has 0 saturated heterocycles. The second-order valence-electron chi connectivity index (χ2n) is 6.08. The van der Waals surface area contributed by atoms with Crippen molar-refractivity contribution in [2.75, 3.05) is 5.32 Å². The van der Waals surface area contributed by atoms with E-state index >= 15 is 0 Å². The lowest BCUT2D eigenvalue weighted by molar-refractivity contribution is 0.590. The number of benzene rings is 1. The highest BCUT2D eigenvalue weighted by atomic mass is 35.5. The van der Waals surface area contributed by atoms with Crippen molar-refractivity contribution < 1.29 is 0 Å². The Labute approximate surface area is 135 Å². The molecule has 0 aliphatic rings. The molecule has 2 rings (SSSR count). The highest BCUT2D eigenvalue weighted by Crippen LogP contribution is 2.28. The smallest absolute Gasteiger partial charge is 0.175 e. The fourth-order valence-electron chi connectivity index (χ4n) is 1.99. The Morgan fingerprint density at radius 3 is 2.14 bits per heavy atom. The molecule has 0 amide bonds. The van der Waals surface area contributed by atoms with E-state index in [2.05, 4.69) is 60.6 Å². The highest BCUT2D eigenvalue weighted by molar-refractivity contribution is 6.34. The maximum Gasteiger partial charge on any atom is 0.175 e. The molecule has 0 spiro atoms. The third-order valence-electron chi connectivity index (χ3n) is 3.41. The van der Waals surface area contributed by atoms with Crippen LogP contribution in [0.5, 0.6) is 0 Å². The molecule has 3 nitrogen and oxygen atoms in total. The van der Waals surface area contributed by atoms with Crippen LogP contribution in [0, 0.1) is 6.92 Å². The van der Waals surface area contributed by atoms with Crippen LogP contribution in [0.3, 0.4) is 0 Å². The predicted molar refractivity (Wildman–Crippen MR) is 89.3 cm³/mol. The summed E-state index contributed by atoms with van der Waals surface area (Å²) in [5, 5.41) is 11.6. The van der Waals surface area contributed by atoms with Crippen LogP contribution in [0.25, 0.3) is 0 Å². The Kier molecular flexibility index (Phi) is 4.74. The van der Waals surface area contributed by atoms with Crippen LogP contribution in [-0.4, -0.2) is 10.2 Å².